The number of halogens is 2. The number of benzene rings is 1. The molecule has 0 spiro atoms. The maximum Gasteiger partial charge on any atom is 0.142 e. The number of thiazole rings is 1. The van der Waals surface area contributed by atoms with E-state index in [1.54, 1.807) is 23.6 Å². The Hall–Kier alpha value is -0.970. The van der Waals surface area contributed by atoms with Gasteiger partial charge in [-0.1, -0.05) is 23.7 Å². The Morgan fingerprint density at radius 3 is 3.06 bits per heavy atom. The zero-order chi connectivity index (χ0) is 12.3. The van der Waals surface area contributed by atoms with Gasteiger partial charge in [0.1, 0.15) is 10.8 Å². The molecule has 1 aromatic carbocycles. The van der Waals surface area contributed by atoms with E-state index in [-0.39, 0.29) is 16.9 Å². The van der Waals surface area contributed by atoms with Gasteiger partial charge in [0, 0.05) is 18.1 Å². The van der Waals surface area contributed by atoms with Crippen molar-refractivity contribution >= 4 is 22.9 Å². The number of nitrogens with zero attached hydrogens (tertiary/aromatic N) is 1. The van der Waals surface area contributed by atoms with Gasteiger partial charge in [0.2, 0.25) is 0 Å². The molecule has 90 valence electrons. The summed E-state index contributed by atoms with van der Waals surface area (Å²) in [6, 6.07) is 4.96. The third-order valence-corrected chi connectivity index (χ3v) is 3.83. The van der Waals surface area contributed by atoms with Crippen LogP contribution in [0.3, 0.4) is 0 Å². The number of hydrogen-bond donors (Lipinski definition) is 1. The van der Waals surface area contributed by atoms with E-state index in [9.17, 15) is 4.39 Å². The van der Waals surface area contributed by atoms with E-state index in [0.717, 1.165) is 10.6 Å². The average Bonchev–Trinajstić information content (AvgIpc) is 2.84. The molecule has 0 aliphatic heterocycles. The molecule has 0 amide bonds. The molecular weight excluding hydrogens is 259 g/mol. The number of rotatable bonds is 4. The fourth-order valence-electron chi connectivity index (χ4n) is 1.48. The summed E-state index contributed by atoms with van der Waals surface area (Å²) < 4.78 is 13.2. The smallest absolute Gasteiger partial charge is 0.142 e. The molecule has 0 radical (unpaired) electrons. The first kappa shape index (κ1) is 12.5. The molecule has 0 fully saturated rings. The summed E-state index contributed by atoms with van der Waals surface area (Å²) in [5, 5.41) is 6.40. The predicted molar refractivity (Wildman–Crippen MR) is 68.8 cm³/mol. The third kappa shape index (κ3) is 3.03. The van der Waals surface area contributed by atoms with Crippen LogP contribution in [0.4, 0.5) is 4.39 Å². The van der Waals surface area contributed by atoms with Crippen molar-refractivity contribution < 1.29 is 4.39 Å². The normalized spacial score (nSPS) is 12.6. The third-order valence-electron chi connectivity index (χ3n) is 2.45. The van der Waals surface area contributed by atoms with Crippen molar-refractivity contribution in [2.45, 2.75) is 19.5 Å². The van der Waals surface area contributed by atoms with Gasteiger partial charge >= 0.3 is 0 Å². The Morgan fingerprint density at radius 1 is 1.53 bits per heavy atom. The molecule has 2 aromatic rings. The van der Waals surface area contributed by atoms with Crippen LogP contribution in [0.15, 0.2) is 29.8 Å². The summed E-state index contributed by atoms with van der Waals surface area (Å²) in [6.07, 6.45) is 1.77. The van der Waals surface area contributed by atoms with Crippen molar-refractivity contribution in [2.24, 2.45) is 0 Å². The zero-order valence-electron chi connectivity index (χ0n) is 9.28. The number of nitrogens with one attached hydrogen (secondary N) is 1. The van der Waals surface area contributed by atoms with Gasteiger partial charge in [0.05, 0.1) is 11.1 Å². The molecule has 1 N–H and O–H groups in total. The molecule has 0 aliphatic carbocycles. The fraction of sp³-hybridized carbons (Fsp3) is 0.250. The van der Waals surface area contributed by atoms with Crippen molar-refractivity contribution in [3.05, 3.63) is 51.2 Å². The van der Waals surface area contributed by atoms with Crippen LogP contribution in [0.1, 0.15) is 23.5 Å². The van der Waals surface area contributed by atoms with Crippen LogP contribution in [0.25, 0.3) is 0 Å². The first-order chi connectivity index (χ1) is 8.18. The monoisotopic (exact) mass is 270 g/mol. The Labute approximate surface area is 108 Å². The lowest BCUT2D eigenvalue weighted by atomic mass is 10.2. The quantitative estimate of drug-likeness (QED) is 0.914. The van der Waals surface area contributed by atoms with Crippen LogP contribution in [0, 0.1) is 5.82 Å². The predicted octanol–water partition coefficient (Wildman–Crippen LogP) is 3.79. The molecule has 1 atom stereocenters. The minimum absolute atomic E-state index is 0.134. The van der Waals surface area contributed by atoms with E-state index in [1.807, 2.05) is 18.4 Å². The molecule has 0 saturated carbocycles. The molecule has 1 unspecified atom stereocenters. The van der Waals surface area contributed by atoms with Crippen LogP contribution in [0.2, 0.25) is 5.02 Å². The standard InChI is InChI=1S/C12H12ClFN2S/c1-8(12-15-5-6-17-12)16-7-9-3-2-4-10(14)11(9)13/h2-6,8,16H,7H2,1H3. The summed E-state index contributed by atoms with van der Waals surface area (Å²) in [4.78, 5) is 4.22. The molecule has 17 heavy (non-hydrogen) atoms. The molecule has 2 nitrogen and oxygen atoms in total. The molecular formula is C12H12ClFN2S. The van der Waals surface area contributed by atoms with Crippen LogP contribution >= 0.6 is 22.9 Å². The van der Waals surface area contributed by atoms with Crippen molar-refractivity contribution in [2.75, 3.05) is 0 Å². The van der Waals surface area contributed by atoms with Crippen LogP contribution < -0.4 is 5.32 Å². The molecule has 0 bridgehead atoms. The molecule has 0 saturated heterocycles. The lowest BCUT2D eigenvalue weighted by molar-refractivity contribution is 0.567. The maximum absolute atomic E-state index is 13.2. The van der Waals surface area contributed by atoms with E-state index in [2.05, 4.69) is 10.3 Å². The largest absolute Gasteiger partial charge is 0.304 e. The lowest BCUT2D eigenvalue weighted by Crippen LogP contribution is -2.18. The van der Waals surface area contributed by atoms with Gasteiger partial charge in [0.25, 0.3) is 0 Å². The van der Waals surface area contributed by atoms with E-state index < -0.39 is 0 Å². The Balaban J connectivity index is 2.00. The maximum atomic E-state index is 13.2. The summed E-state index contributed by atoms with van der Waals surface area (Å²) >= 11 is 7.47. The first-order valence-electron chi connectivity index (χ1n) is 5.24. The van der Waals surface area contributed by atoms with Gasteiger partial charge in [-0.15, -0.1) is 11.3 Å². The Morgan fingerprint density at radius 2 is 2.35 bits per heavy atom. The van der Waals surface area contributed by atoms with Gasteiger partial charge in [0.15, 0.2) is 0 Å². The van der Waals surface area contributed by atoms with Crippen molar-refractivity contribution in [3.63, 3.8) is 0 Å². The Kier molecular flexibility index (Phi) is 4.10. The van der Waals surface area contributed by atoms with Crippen molar-refractivity contribution in [3.8, 4) is 0 Å². The zero-order valence-corrected chi connectivity index (χ0v) is 10.9. The summed E-state index contributed by atoms with van der Waals surface area (Å²) in [6.45, 7) is 2.55. The van der Waals surface area contributed by atoms with Crippen LogP contribution in [-0.4, -0.2) is 4.98 Å². The van der Waals surface area contributed by atoms with Gasteiger partial charge in [-0.2, -0.15) is 0 Å². The molecule has 1 heterocycles. The van der Waals surface area contributed by atoms with Gasteiger partial charge in [-0.3, -0.25) is 0 Å². The van der Waals surface area contributed by atoms with E-state index >= 15 is 0 Å². The topological polar surface area (TPSA) is 24.9 Å². The molecule has 1 aromatic heterocycles. The fourth-order valence-corrected chi connectivity index (χ4v) is 2.35. The second-order valence-corrected chi connectivity index (χ2v) is 4.99. The highest BCUT2D eigenvalue weighted by atomic mass is 35.5. The number of aromatic nitrogens is 1. The van der Waals surface area contributed by atoms with Crippen molar-refractivity contribution in [1.82, 2.24) is 10.3 Å². The van der Waals surface area contributed by atoms with E-state index in [0.29, 0.717) is 6.54 Å². The average molecular weight is 271 g/mol. The van der Waals surface area contributed by atoms with Crippen molar-refractivity contribution in [1.29, 1.82) is 0 Å². The second-order valence-electron chi connectivity index (χ2n) is 3.69. The number of hydrogen-bond acceptors (Lipinski definition) is 3. The molecule has 5 heteroatoms. The highest BCUT2D eigenvalue weighted by Gasteiger charge is 2.09. The van der Waals surface area contributed by atoms with Gasteiger partial charge in [-0.25, -0.2) is 9.37 Å². The highest BCUT2D eigenvalue weighted by Crippen LogP contribution is 2.21. The molecule has 0 aliphatic rings. The lowest BCUT2D eigenvalue weighted by Gasteiger charge is -2.12. The summed E-state index contributed by atoms with van der Waals surface area (Å²) in [7, 11) is 0. The van der Waals surface area contributed by atoms with Crippen LogP contribution in [-0.2, 0) is 6.54 Å². The summed E-state index contributed by atoms with van der Waals surface area (Å²) in [5.74, 6) is -0.382. The minimum Gasteiger partial charge on any atom is -0.304 e. The SMILES string of the molecule is CC(NCc1cccc(F)c1Cl)c1nccs1. The van der Waals surface area contributed by atoms with E-state index in [4.69, 9.17) is 11.6 Å². The Bertz CT molecular complexity index is 487. The minimum atomic E-state index is -0.382. The second kappa shape index (κ2) is 5.58. The van der Waals surface area contributed by atoms with Crippen LogP contribution in [0.5, 0.6) is 0 Å². The highest BCUT2D eigenvalue weighted by molar-refractivity contribution is 7.09. The molecule has 2 rings (SSSR count). The first-order valence-corrected chi connectivity index (χ1v) is 6.50. The van der Waals surface area contributed by atoms with Gasteiger partial charge in [-0.05, 0) is 18.6 Å². The van der Waals surface area contributed by atoms with Gasteiger partial charge < -0.3 is 5.32 Å². The van der Waals surface area contributed by atoms with E-state index in [1.165, 1.54) is 6.07 Å². The summed E-state index contributed by atoms with van der Waals surface area (Å²) in [5.41, 5.74) is 0.759.